The molecular formula is C27H30N2O4S. The lowest BCUT2D eigenvalue weighted by Gasteiger charge is -2.17. The fourth-order valence-electron chi connectivity index (χ4n) is 3.57. The Morgan fingerprint density at radius 1 is 0.912 bits per heavy atom. The van der Waals surface area contributed by atoms with E-state index in [0.29, 0.717) is 29.2 Å². The topological polar surface area (TPSA) is 76.7 Å². The molecule has 0 aliphatic carbocycles. The normalized spacial score (nSPS) is 11.4. The molecule has 0 radical (unpaired) electrons. The van der Waals surface area contributed by atoms with Crippen LogP contribution in [-0.4, -0.2) is 31.3 Å². The maximum absolute atomic E-state index is 13.0. The predicted molar refractivity (Wildman–Crippen MR) is 138 cm³/mol. The molecular weight excluding hydrogens is 448 g/mol. The molecule has 0 saturated heterocycles. The summed E-state index contributed by atoms with van der Waals surface area (Å²) in [5.74, 6) is 0.469. The van der Waals surface area contributed by atoms with Crippen LogP contribution in [0.4, 0.5) is 11.4 Å². The third-order valence-electron chi connectivity index (χ3n) is 5.33. The van der Waals surface area contributed by atoms with Crippen LogP contribution in [0.5, 0.6) is 11.5 Å². The first-order valence-electron chi connectivity index (χ1n) is 11.0. The number of rotatable bonds is 9. The van der Waals surface area contributed by atoms with Crippen LogP contribution in [0.2, 0.25) is 0 Å². The molecule has 0 bridgehead atoms. The van der Waals surface area contributed by atoms with E-state index >= 15 is 0 Å². The van der Waals surface area contributed by atoms with E-state index in [2.05, 4.69) is 10.6 Å². The van der Waals surface area contributed by atoms with Gasteiger partial charge in [-0.15, -0.1) is 11.8 Å². The molecule has 178 valence electrons. The smallest absolute Gasteiger partial charge is 0.263 e. The van der Waals surface area contributed by atoms with Crippen LogP contribution in [0.3, 0.4) is 0 Å². The third-order valence-corrected chi connectivity index (χ3v) is 6.69. The van der Waals surface area contributed by atoms with E-state index in [-0.39, 0.29) is 17.1 Å². The Morgan fingerprint density at radius 3 is 2.21 bits per heavy atom. The molecule has 0 saturated carbocycles. The molecule has 6 nitrogen and oxygen atoms in total. The predicted octanol–water partition coefficient (Wildman–Crippen LogP) is 6.08. The molecule has 0 heterocycles. The van der Waals surface area contributed by atoms with Crippen molar-refractivity contribution in [3.05, 3.63) is 77.4 Å². The van der Waals surface area contributed by atoms with E-state index in [1.165, 1.54) is 26.0 Å². The minimum atomic E-state index is -0.337. The van der Waals surface area contributed by atoms with Gasteiger partial charge in [-0.2, -0.15) is 0 Å². The first-order chi connectivity index (χ1) is 16.4. The summed E-state index contributed by atoms with van der Waals surface area (Å²) < 4.78 is 10.7. The average molecular weight is 479 g/mol. The maximum atomic E-state index is 13.0. The molecule has 0 aliphatic rings. The van der Waals surface area contributed by atoms with Crippen LogP contribution < -0.4 is 20.1 Å². The molecule has 0 aromatic heterocycles. The summed E-state index contributed by atoms with van der Waals surface area (Å²) in [6, 6.07) is 18.6. The molecule has 34 heavy (non-hydrogen) atoms. The number of methoxy groups -OCH3 is 2. The standard InChI is InChI=1S/C27H30N2O4S/c1-6-24(26(30)29-21-14-13-17(2)15-18(21)3)34-20-10-7-9-19(16-20)28-27(31)25-22(32-4)11-8-12-23(25)33-5/h7-16,24H,6H2,1-5H3,(H,28,31)(H,29,30). The van der Waals surface area contributed by atoms with Crippen LogP contribution in [0.25, 0.3) is 0 Å². The van der Waals surface area contributed by atoms with Gasteiger partial charge in [-0.1, -0.05) is 36.8 Å². The fraction of sp³-hybridized carbons (Fsp3) is 0.259. The lowest BCUT2D eigenvalue weighted by Crippen LogP contribution is -2.25. The summed E-state index contributed by atoms with van der Waals surface area (Å²) in [7, 11) is 3.02. The highest BCUT2D eigenvalue weighted by Crippen LogP contribution is 2.31. The quantitative estimate of drug-likeness (QED) is 0.364. The summed E-state index contributed by atoms with van der Waals surface area (Å²) >= 11 is 1.46. The van der Waals surface area contributed by atoms with Gasteiger partial charge in [0.15, 0.2) is 0 Å². The van der Waals surface area contributed by atoms with E-state index in [1.54, 1.807) is 24.3 Å². The van der Waals surface area contributed by atoms with Gasteiger partial charge in [0, 0.05) is 16.3 Å². The number of aryl methyl sites for hydroxylation is 2. The maximum Gasteiger partial charge on any atom is 0.263 e. The van der Waals surface area contributed by atoms with E-state index in [0.717, 1.165) is 21.7 Å². The summed E-state index contributed by atoms with van der Waals surface area (Å²) in [4.78, 5) is 26.8. The second-order valence-corrected chi connectivity index (χ2v) is 9.12. The molecule has 3 aromatic rings. The number of ether oxygens (including phenoxy) is 2. The minimum Gasteiger partial charge on any atom is -0.496 e. The van der Waals surface area contributed by atoms with Crippen molar-refractivity contribution >= 4 is 35.0 Å². The Bertz CT molecular complexity index is 1160. The molecule has 1 atom stereocenters. The van der Waals surface area contributed by atoms with Crippen LogP contribution >= 0.6 is 11.8 Å². The molecule has 0 aliphatic heterocycles. The largest absolute Gasteiger partial charge is 0.496 e. The van der Waals surface area contributed by atoms with Gasteiger partial charge in [0.25, 0.3) is 5.91 Å². The number of hydrogen-bond acceptors (Lipinski definition) is 5. The number of thioether (sulfide) groups is 1. The highest BCUT2D eigenvalue weighted by atomic mass is 32.2. The van der Waals surface area contributed by atoms with Crippen LogP contribution in [0.1, 0.15) is 34.8 Å². The Balaban J connectivity index is 1.73. The Kier molecular flexibility index (Phi) is 8.60. The molecule has 0 fully saturated rings. The highest BCUT2D eigenvalue weighted by molar-refractivity contribution is 8.00. The minimum absolute atomic E-state index is 0.0485. The van der Waals surface area contributed by atoms with Crippen molar-refractivity contribution in [3.8, 4) is 11.5 Å². The van der Waals surface area contributed by atoms with Crippen LogP contribution in [-0.2, 0) is 4.79 Å². The van der Waals surface area contributed by atoms with E-state index < -0.39 is 0 Å². The zero-order valence-corrected chi connectivity index (χ0v) is 20.9. The van der Waals surface area contributed by atoms with Gasteiger partial charge < -0.3 is 20.1 Å². The second kappa shape index (κ2) is 11.6. The summed E-state index contributed by atoms with van der Waals surface area (Å²) in [5, 5.41) is 5.68. The van der Waals surface area contributed by atoms with Crippen LogP contribution in [0, 0.1) is 13.8 Å². The molecule has 2 amide bonds. The van der Waals surface area contributed by atoms with Crippen molar-refractivity contribution in [1.82, 2.24) is 0 Å². The number of anilines is 2. The SMILES string of the molecule is CCC(Sc1cccc(NC(=O)c2c(OC)cccc2OC)c1)C(=O)Nc1ccc(C)cc1C. The summed E-state index contributed by atoms with van der Waals surface area (Å²) in [6.07, 6.45) is 0.663. The second-order valence-electron chi connectivity index (χ2n) is 7.84. The number of benzene rings is 3. The molecule has 0 spiro atoms. The molecule has 1 unspecified atom stereocenters. The first kappa shape index (κ1) is 25.2. The number of hydrogen-bond donors (Lipinski definition) is 2. The van der Waals surface area contributed by atoms with Crippen molar-refractivity contribution in [1.29, 1.82) is 0 Å². The van der Waals surface area contributed by atoms with Gasteiger partial charge >= 0.3 is 0 Å². The van der Waals surface area contributed by atoms with Crippen molar-refractivity contribution in [3.63, 3.8) is 0 Å². The van der Waals surface area contributed by atoms with Gasteiger partial charge in [-0.05, 0) is 62.2 Å². The number of nitrogens with one attached hydrogen (secondary N) is 2. The van der Waals surface area contributed by atoms with Gasteiger partial charge in [0.1, 0.15) is 17.1 Å². The highest BCUT2D eigenvalue weighted by Gasteiger charge is 2.21. The van der Waals surface area contributed by atoms with Gasteiger partial charge in [-0.3, -0.25) is 9.59 Å². The number of carbonyl (C=O) groups excluding carboxylic acids is 2. The van der Waals surface area contributed by atoms with Crippen molar-refractivity contribution < 1.29 is 19.1 Å². The first-order valence-corrected chi connectivity index (χ1v) is 11.9. The molecule has 2 N–H and O–H groups in total. The van der Waals surface area contributed by atoms with E-state index in [9.17, 15) is 9.59 Å². The monoisotopic (exact) mass is 478 g/mol. The summed E-state index contributed by atoms with van der Waals surface area (Å²) in [6.45, 7) is 6.00. The lowest BCUT2D eigenvalue weighted by molar-refractivity contribution is -0.115. The van der Waals surface area contributed by atoms with Gasteiger partial charge in [0.05, 0.1) is 19.5 Å². The lowest BCUT2D eigenvalue weighted by atomic mass is 10.1. The van der Waals surface area contributed by atoms with E-state index in [1.807, 2.05) is 57.2 Å². The Morgan fingerprint density at radius 2 is 1.59 bits per heavy atom. The zero-order valence-electron chi connectivity index (χ0n) is 20.1. The van der Waals surface area contributed by atoms with Crippen molar-refractivity contribution in [2.24, 2.45) is 0 Å². The molecule has 3 aromatic carbocycles. The Hall–Kier alpha value is -3.45. The number of amides is 2. The van der Waals surface area contributed by atoms with Crippen molar-refractivity contribution in [2.75, 3.05) is 24.9 Å². The Labute approximate surface area is 205 Å². The number of carbonyl (C=O) groups is 2. The van der Waals surface area contributed by atoms with Crippen molar-refractivity contribution in [2.45, 2.75) is 37.3 Å². The van der Waals surface area contributed by atoms with E-state index in [4.69, 9.17) is 9.47 Å². The zero-order chi connectivity index (χ0) is 24.7. The van der Waals surface area contributed by atoms with Gasteiger partial charge in [-0.25, -0.2) is 0 Å². The summed E-state index contributed by atoms with van der Waals surface area (Å²) in [5.41, 5.74) is 3.95. The molecule has 3 rings (SSSR count). The third kappa shape index (κ3) is 6.11. The van der Waals surface area contributed by atoms with Crippen LogP contribution in [0.15, 0.2) is 65.6 Å². The average Bonchev–Trinajstić information content (AvgIpc) is 2.83. The van der Waals surface area contributed by atoms with Gasteiger partial charge in [0.2, 0.25) is 5.91 Å². The fourth-order valence-corrected chi connectivity index (χ4v) is 4.58. The molecule has 7 heteroatoms.